The molecule has 0 bridgehead atoms. The van der Waals surface area contributed by atoms with Crippen molar-refractivity contribution in [3.63, 3.8) is 0 Å². The molecule has 0 amide bonds. The largest absolute Gasteiger partial charge is 0.478 e. The molecule has 0 unspecified atom stereocenters. The molecule has 1 atom stereocenters. The minimum absolute atomic E-state index is 0.00235. The van der Waals surface area contributed by atoms with Gasteiger partial charge in [0.25, 0.3) is 0 Å². The number of benzene rings is 2. The Bertz CT molecular complexity index is 1120. The maximum absolute atomic E-state index is 13.6. The topological polar surface area (TPSA) is 83.9 Å². The molecule has 33 heavy (non-hydrogen) atoms. The zero-order valence-corrected chi connectivity index (χ0v) is 20.3. The lowest BCUT2D eigenvalue weighted by molar-refractivity contribution is -0.131. The molecule has 0 saturated heterocycles. The summed E-state index contributed by atoms with van der Waals surface area (Å²) in [5.41, 5.74) is 1.23. The summed E-state index contributed by atoms with van der Waals surface area (Å²) in [7, 11) is -3.65. The van der Waals surface area contributed by atoms with Gasteiger partial charge in [0.15, 0.2) is 9.84 Å². The Balaban J connectivity index is 2.17. The average molecular weight is 494 g/mol. The number of rotatable bonds is 9. The first-order valence-electron chi connectivity index (χ1n) is 10.9. The van der Waals surface area contributed by atoms with E-state index in [9.17, 15) is 17.6 Å². The van der Waals surface area contributed by atoms with Gasteiger partial charge in [0, 0.05) is 18.3 Å². The second kappa shape index (κ2) is 11.1. The highest BCUT2D eigenvalue weighted by atomic mass is 32.2. The first kappa shape index (κ1) is 25.1. The molecule has 3 rings (SSSR count). The Kier molecular flexibility index (Phi) is 8.42. The summed E-state index contributed by atoms with van der Waals surface area (Å²) in [4.78, 5) is 13.6. The molecule has 2 aromatic carbocycles. The molecule has 1 heterocycles. The van der Waals surface area contributed by atoms with Gasteiger partial charge >= 0.3 is 5.97 Å². The summed E-state index contributed by atoms with van der Waals surface area (Å²) in [6.07, 6.45) is 4.54. The van der Waals surface area contributed by atoms with Gasteiger partial charge in [0.05, 0.1) is 33.6 Å². The number of sulfone groups is 1. The number of thioether (sulfide) groups is 1. The number of hydrogen-bond donors (Lipinski definition) is 1. The number of halogens is 1. The minimum Gasteiger partial charge on any atom is -0.478 e. The molecule has 1 N–H and O–H groups in total. The van der Waals surface area contributed by atoms with Gasteiger partial charge in [0.2, 0.25) is 0 Å². The summed E-state index contributed by atoms with van der Waals surface area (Å²) < 4.78 is 46.0. The molecule has 0 aliphatic carbocycles. The third-order valence-electron chi connectivity index (χ3n) is 5.36. The first-order chi connectivity index (χ1) is 15.7. The van der Waals surface area contributed by atoms with Crippen molar-refractivity contribution in [3.05, 3.63) is 54.6 Å². The van der Waals surface area contributed by atoms with Crippen LogP contribution in [0.4, 0.5) is 15.8 Å². The molecular formula is C24H28FNO5S2. The number of carboxylic acids is 1. The Morgan fingerprint density at radius 1 is 1.27 bits per heavy atom. The van der Waals surface area contributed by atoms with Crippen molar-refractivity contribution in [2.45, 2.75) is 42.9 Å². The van der Waals surface area contributed by atoms with Crippen LogP contribution in [0.2, 0.25) is 0 Å². The third-order valence-corrected chi connectivity index (χ3v) is 8.18. The lowest BCUT2D eigenvalue weighted by atomic mass is 10.0. The van der Waals surface area contributed by atoms with Crippen LogP contribution in [0, 0.1) is 11.7 Å². The number of aliphatic carboxylic acids is 1. The molecule has 2 aromatic rings. The summed E-state index contributed by atoms with van der Waals surface area (Å²) in [6, 6.07) is 9.29. The highest BCUT2D eigenvalue weighted by Crippen LogP contribution is 2.43. The molecule has 1 aliphatic rings. The fraction of sp³-hybridized carbons (Fsp3) is 0.375. The van der Waals surface area contributed by atoms with E-state index >= 15 is 0 Å². The van der Waals surface area contributed by atoms with Crippen molar-refractivity contribution in [3.8, 4) is 5.75 Å². The van der Waals surface area contributed by atoms with Gasteiger partial charge in [-0.3, -0.25) is 0 Å². The normalized spacial score (nSPS) is 17.5. The molecule has 0 saturated carbocycles. The van der Waals surface area contributed by atoms with Crippen LogP contribution in [-0.2, 0) is 14.6 Å². The van der Waals surface area contributed by atoms with Crippen LogP contribution < -0.4 is 9.64 Å². The highest BCUT2D eigenvalue weighted by molar-refractivity contribution is 7.99. The molecule has 1 aliphatic heterocycles. The van der Waals surface area contributed by atoms with Gasteiger partial charge in [-0.15, -0.1) is 11.8 Å². The van der Waals surface area contributed by atoms with E-state index in [2.05, 4.69) is 6.92 Å². The van der Waals surface area contributed by atoms with Crippen LogP contribution in [0.1, 0.15) is 33.1 Å². The maximum Gasteiger partial charge on any atom is 0.331 e. The monoisotopic (exact) mass is 493 g/mol. The SMILES string of the molecule is CCCC[C@H]1CN(c2ccc(F)cc2)c2cc(SCC)c(O/C=C/C(=O)O)cc2S(=O)(=O)C1. The third kappa shape index (κ3) is 6.29. The predicted octanol–water partition coefficient (Wildman–Crippen LogP) is 5.65. The average Bonchev–Trinajstić information content (AvgIpc) is 2.86. The van der Waals surface area contributed by atoms with Crippen LogP contribution in [0.25, 0.3) is 0 Å². The second-order valence-corrected chi connectivity index (χ2v) is 11.1. The van der Waals surface area contributed by atoms with E-state index in [0.717, 1.165) is 31.6 Å². The Morgan fingerprint density at radius 3 is 2.64 bits per heavy atom. The number of nitrogens with zero attached hydrogens (tertiary/aromatic N) is 1. The number of unbranched alkanes of at least 4 members (excludes halogenated alkanes) is 1. The van der Waals surface area contributed by atoms with E-state index in [4.69, 9.17) is 9.84 Å². The highest BCUT2D eigenvalue weighted by Gasteiger charge is 2.33. The van der Waals surface area contributed by atoms with Gasteiger partial charge in [-0.05, 0) is 48.4 Å². The Hall–Kier alpha value is -2.52. The van der Waals surface area contributed by atoms with Crippen LogP contribution in [0.15, 0.2) is 58.5 Å². The van der Waals surface area contributed by atoms with E-state index in [1.807, 2.05) is 11.8 Å². The molecular weight excluding hydrogens is 465 g/mol. The van der Waals surface area contributed by atoms with Crippen molar-refractivity contribution >= 4 is 38.9 Å². The van der Waals surface area contributed by atoms with Crippen molar-refractivity contribution < 1.29 is 27.4 Å². The molecule has 178 valence electrons. The van der Waals surface area contributed by atoms with Gasteiger partial charge in [-0.1, -0.05) is 26.7 Å². The minimum atomic E-state index is -3.65. The summed E-state index contributed by atoms with van der Waals surface area (Å²) in [6.45, 7) is 4.52. The van der Waals surface area contributed by atoms with E-state index in [1.54, 1.807) is 18.2 Å². The molecule has 0 radical (unpaired) electrons. The lowest BCUT2D eigenvalue weighted by Gasteiger charge is -2.28. The summed E-state index contributed by atoms with van der Waals surface area (Å²) in [5, 5.41) is 8.86. The van der Waals surface area contributed by atoms with E-state index in [0.29, 0.717) is 28.6 Å². The van der Waals surface area contributed by atoms with Crippen molar-refractivity contribution in [2.24, 2.45) is 5.92 Å². The van der Waals surface area contributed by atoms with Crippen molar-refractivity contribution in [1.82, 2.24) is 0 Å². The molecule has 9 heteroatoms. The molecule has 0 spiro atoms. The number of fused-ring (bicyclic) bond motifs is 1. The van der Waals surface area contributed by atoms with Crippen LogP contribution in [0.5, 0.6) is 5.75 Å². The Labute approximate surface area is 198 Å². The van der Waals surface area contributed by atoms with Crippen LogP contribution >= 0.6 is 11.8 Å². The summed E-state index contributed by atoms with van der Waals surface area (Å²) in [5.74, 6) is -0.620. The maximum atomic E-state index is 13.6. The number of carbonyl (C=O) groups is 1. The zero-order valence-electron chi connectivity index (χ0n) is 18.7. The van der Waals surface area contributed by atoms with Crippen molar-refractivity contribution in [2.75, 3.05) is 23.0 Å². The molecule has 0 aromatic heterocycles. The van der Waals surface area contributed by atoms with Crippen LogP contribution in [-0.4, -0.2) is 37.5 Å². The van der Waals surface area contributed by atoms with E-state index in [1.165, 1.54) is 30.0 Å². The second-order valence-electron chi connectivity index (χ2n) is 7.84. The van der Waals surface area contributed by atoms with E-state index < -0.39 is 15.8 Å². The smallest absolute Gasteiger partial charge is 0.331 e. The number of carboxylic acid groups (broad SMARTS) is 1. The van der Waals surface area contributed by atoms with Crippen molar-refractivity contribution in [1.29, 1.82) is 0 Å². The first-order valence-corrected chi connectivity index (χ1v) is 13.5. The fourth-order valence-corrected chi connectivity index (χ4v) is 6.46. The van der Waals surface area contributed by atoms with Gasteiger partial charge in [-0.2, -0.15) is 0 Å². The standard InChI is InChI=1S/C24H28FNO5S2/c1-3-5-6-17-15-26(19-9-7-18(25)8-10-19)20-13-22(32-4-2)21(31-12-11-24(27)28)14-23(20)33(29,30)16-17/h7-14,17H,3-6,15-16H2,1-2H3,(H,27,28)/b12-11+/t17-/m0/s1. The van der Waals surface area contributed by atoms with Gasteiger partial charge < -0.3 is 14.7 Å². The predicted molar refractivity (Wildman–Crippen MR) is 129 cm³/mol. The van der Waals surface area contributed by atoms with Gasteiger partial charge in [-0.25, -0.2) is 17.6 Å². The number of anilines is 2. The van der Waals surface area contributed by atoms with Crippen LogP contribution in [0.3, 0.4) is 0 Å². The fourth-order valence-electron chi connectivity index (χ4n) is 3.86. The quantitative estimate of drug-likeness (QED) is 0.275. The number of ether oxygens (including phenoxy) is 1. The molecule has 6 nitrogen and oxygen atoms in total. The summed E-state index contributed by atoms with van der Waals surface area (Å²) >= 11 is 1.47. The van der Waals surface area contributed by atoms with E-state index in [-0.39, 0.29) is 28.1 Å². The zero-order chi connectivity index (χ0) is 24.0. The molecule has 0 fully saturated rings. The Morgan fingerprint density at radius 2 is 2.00 bits per heavy atom. The van der Waals surface area contributed by atoms with Gasteiger partial charge in [0.1, 0.15) is 11.6 Å². The lowest BCUT2D eigenvalue weighted by Crippen LogP contribution is -2.26. The number of hydrogen-bond acceptors (Lipinski definition) is 6.